The van der Waals surface area contributed by atoms with Crippen molar-refractivity contribution in [3.05, 3.63) is 23.9 Å². The topological polar surface area (TPSA) is 87.6 Å². The standard InChI is InChI=1S/C12H16N2O4S2/c1-12(2)8-14(5-6-19-12)20(17,18)10-4-3-9(7-13-10)11(15)16/h3-4,7H,5-6,8H2,1-2H3,(H,15,16). The van der Waals surface area contributed by atoms with Crippen LogP contribution in [-0.4, -0.2) is 52.4 Å². The number of sulfonamides is 1. The van der Waals surface area contributed by atoms with Crippen LogP contribution in [0.5, 0.6) is 0 Å². The van der Waals surface area contributed by atoms with Crippen LogP contribution < -0.4 is 0 Å². The van der Waals surface area contributed by atoms with Gasteiger partial charge in [0, 0.05) is 29.8 Å². The fraction of sp³-hybridized carbons (Fsp3) is 0.500. The summed E-state index contributed by atoms with van der Waals surface area (Å²) in [6.45, 7) is 4.86. The highest BCUT2D eigenvalue weighted by Crippen LogP contribution is 2.32. The largest absolute Gasteiger partial charge is 0.478 e. The molecule has 0 aliphatic carbocycles. The Balaban J connectivity index is 2.28. The van der Waals surface area contributed by atoms with E-state index < -0.39 is 16.0 Å². The highest BCUT2D eigenvalue weighted by molar-refractivity contribution is 8.00. The third-order valence-electron chi connectivity index (χ3n) is 2.98. The van der Waals surface area contributed by atoms with Crippen molar-refractivity contribution in [2.75, 3.05) is 18.8 Å². The second-order valence-electron chi connectivity index (χ2n) is 5.14. The molecule has 0 aromatic carbocycles. The molecule has 0 unspecified atom stereocenters. The fourth-order valence-electron chi connectivity index (χ4n) is 1.97. The van der Waals surface area contributed by atoms with Crippen LogP contribution in [-0.2, 0) is 10.0 Å². The first-order valence-electron chi connectivity index (χ1n) is 6.06. The number of hydrogen-bond acceptors (Lipinski definition) is 5. The molecule has 6 nitrogen and oxygen atoms in total. The SMILES string of the molecule is CC1(C)CN(S(=O)(=O)c2ccc(C(=O)O)cn2)CCS1. The van der Waals surface area contributed by atoms with Crippen molar-refractivity contribution in [3.8, 4) is 0 Å². The van der Waals surface area contributed by atoms with Gasteiger partial charge in [-0.15, -0.1) is 0 Å². The lowest BCUT2D eigenvalue weighted by atomic mass is 10.2. The van der Waals surface area contributed by atoms with Crippen LogP contribution in [0.25, 0.3) is 0 Å². The Morgan fingerprint density at radius 3 is 2.65 bits per heavy atom. The zero-order valence-corrected chi connectivity index (χ0v) is 12.9. The minimum absolute atomic E-state index is 0.0292. The maximum atomic E-state index is 12.5. The van der Waals surface area contributed by atoms with Gasteiger partial charge in [-0.2, -0.15) is 16.1 Å². The molecule has 1 N–H and O–H groups in total. The van der Waals surface area contributed by atoms with Crippen molar-refractivity contribution in [3.63, 3.8) is 0 Å². The highest BCUT2D eigenvalue weighted by atomic mass is 32.2. The summed E-state index contributed by atoms with van der Waals surface area (Å²) >= 11 is 1.74. The minimum Gasteiger partial charge on any atom is -0.478 e. The van der Waals surface area contributed by atoms with E-state index in [-0.39, 0.29) is 15.3 Å². The molecular weight excluding hydrogens is 300 g/mol. The number of hydrogen-bond donors (Lipinski definition) is 1. The number of aromatic carboxylic acids is 1. The number of carboxylic acids is 1. The zero-order valence-electron chi connectivity index (χ0n) is 11.2. The van der Waals surface area contributed by atoms with E-state index in [1.54, 1.807) is 11.8 Å². The van der Waals surface area contributed by atoms with Crippen molar-refractivity contribution in [1.29, 1.82) is 0 Å². The molecule has 1 aromatic heterocycles. The fourth-order valence-corrected chi connectivity index (χ4v) is 4.79. The van der Waals surface area contributed by atoms with Crippen molar-refractivity contribution < 1.29 is 18.3 Å². The number of carboxylic acid groups (broad SMARTS) is 1. The summed E-state index contributed by atoms with van der Waals surface area (Å²) < 4.78 is 26.2. The van der Waals surface area contributed by atoms with Crippen LogP contribution in [0.15, 0.2) is 23.4 Å². The Bertz CT molecular complexity index is 611. The zero-order chi connectivity index (χ0) is 15.0. The monoisotopic (exact) mass is 316 g/mol. The van der Waals surface area contributed by atoms with Crippen LogP contribution >= 0.6 is 11.8 Å². The number of rotatable bonds is 3. The average molecular weight is 316 g/mol. The number of aromatic nitrogens is 1. The molecule has 0 bridgehead atoms. The molecule has 110 valence electrons. The first kappa shape index (κ1) is 15.3. The van der Waals surface area contributed by atoms with Gasteiger partial charge in [0.05, 0.1) is 5.56 Å². The van der Waals surface area contributed by atoms with Gasteiger partial charge in [0.15, 0.2) is 5.03 Å². The quantitative estimate of drug-likeness (QED) is 0.904. The van der Waals surface area contributed by atoms with E-state index in [9.17, 15) is 13.2 Å². The van der Waals surface area contributed by atoms with Crippen molar-refractivity contribution in [2.24, 2.45) is 0 Å². The molecule has 1 saturated heterocycles. The summed E-state index contributed by atoms with van der Waals surface area (Å²) in [5.41, 5.74) is -0.0292. The molecule has 2 heterocycles. The van der Waals surface area contributed by atoms with Crippen LogP contribution in [0, 0.1) is 0 Å². The van der Waals surface area contributed by atoms with Crippen LogP contribution in [0.4, 0.5) is 0 Å². The lowest BCUT2D eigenvalue weighted by Crippen LogP contribution is -2.46. The number of pyridine rings is 1. The van der Waals surface area contributed by atoms with E-state index in [0.717, 1.165) is 11.9 Å². The van der Waals surface area contributed by atoms with E-state index in [1.807, 2.05) is 13.8 Å². The molecule has 0 atom stereocenters. The normalized spacial score (nSPS) is 19.7. The van der Waals surface area contributed by atoms with Gasteiger partial charge in [0.2, 0.25) is 0 Å². The lowest BCUT2D eigenvalue weighted by Gasteiger charge is -2.36. The van der Waals surface area contributed by atoms with Gasteiger partial charge in [-0.3, -0.25) is 0 Å². The Kier molecular flexibility index (Phi) is 4.08. The summed E-state index contributed by atoms with van der Waals surface area (Å²) in [6.07, 6.45) is 1.07. The number of thioether (sulfide) groups is 1. The second-order valence-corrected chi connectivity index (χ2v) is 8.82. The maximum absolute atomic E-state index is 12.5. The molecule has 0 spiro atoms. The molecule has 1 aliphatic rings. The van der Waals surface area contributed by atoms with Crippen LogP contribution in [0.2, 0.25) is 0 Å². The summed E-state index contributed by atoms with van der Waals surface area (Å²) in [7, 11) is -3.66. The third-order valence-corrected chi connectivity index (χ3v) is 6.04. The van der Waals surface area contributed by atoms with E-state index >= 15 is 0 Å². The van der Waals surface area contributed by atoms with Gasteiger partial charge < -0.3 is 5.11 Å². The lowest BCUT2D eigenvalue weighted by molar-refractivity contribution is 0.0696. The van der Waals surface area contributed by atoms with Gasteiger partial charge in [-0.25, -0.2) is 18.2 Å². The predicted octanol–water partition coefficient (Wildman–Crippen LogP) is 1.30. The Morgan fingerprint density at radius 2 is 2.15 bits per heavy atom. The first-order chi connectivity index (χ1) is 9.22. The average Bonchev–Trinajstić information content (AvgIpc) is 2.37. The van der Waals surface area contributed by atoms with Gasteiger partial charge in [-0.05, 0) is 26.0 Å². The van der Waals surface area contributed by atoms with Gasteiger partial charge in [0.1, 0.15) is 0 Å². The molecule has 1 aromatic rings. The Hall–Kier alpha value is -1.12. The molecule has 0 radical (unpaired) electrons. The van der Waals surface area contributed by atoms with E-state index in [0.29, 0.717) is 13.1 Å². The van der Waals surface area contributed by atoms with Gasteiger partial charge in [-0.1, -0.05) is 0 Å². The number of nitrogens with zero attached hydrogens (tertiary/aromatic N) is 2. The van der Waals surface area contributed by atoms with E-state index in [4.69, 9.17) is 5.11 Å². The molecular formula is C12H16N2O4S2. The number of carbonyl (C=O) groups is 1. The molecule has 1 fully saturated rings. The van der Waals surface area contributed by atoms with Gasteiger partial charge in [0.25, 0.3) is 10.0 Å². The summed E-state index contributed by atoms with van der Waals surface area (Å²) in [4.78, 5) is 14.5. The Morgan fingerprint density at radius 1 is 1.45 bits per heavy atom. The van der Waals surface area contributed by atoms with Crippen molar-refractivity contribution >= 4 is 27.8 Å². The summed E-state index contributed by atoms with van der Waals surface area (Å²) in [5, 5.41) is 8.69. The molecule has 2 rings (SSSR count). The third kappa shape index (κ3) is 3.13. The molecule has 20 heavy (non-hydrogen) atoms. The van der Waals surface area contributed by atoms with E-state index in [2.05, 4.69) is 4.98 Å². The van der Waals surface area contributed by atoms with Gasteiger partial charge >= 0.3 is 5.97 Å². The van der Waals surface area contributed by atoms with Crippen LogP contribution in [0.1, 0.15) is 24.2 Å². The smallest absolute Gasteiger partial charge is 0.337 e. The predicted molar refractivity (Wildman–Crippen MR) is 76.5 cm³/mol. The first-order valence-corrected chi connectivity index (χ1v) is 8.48. The summed E-state index contributed by atoms with van der Waals surface area (Å²) in [6, 6.07) is 2.50. The molecule has 1 aliphatic heterocycles. The van der Waals surface area contributed by atoms with Crippen molar-refractivity contribution in [2.45, 2.75) is 23.6 Å². The molecule has 0 amide bonds. The second kappa shape index (κ2) is 5.34. The summed E-state index contributed by atoms with van der Waals surface area (Å²) in [5.74, 6) is -0.392. The van der Waals surface area contributed by atoms with E-state index in [1.165, 1.54) is 16.4 Å². The Labute approximate surface area is 122 Å². The molecule has 8 heteroatoms. The highest BCUT2D eigenvalue weighted by Gasteiger charge is 2.35. The van der Waals surface area contributed by atoms with Crippen molar-refractivity contribution in [1.82, 2.24) is 9.29 Å². The minimum atomic E-state index is -3.66. The van der Waals surface area contributed by atoms with Crippen LogP contribution in [0.3, 0.4) is 0 Å². The maximum Gasteiger partial charge on any atom is 0.337 e. The molecule has 0 saturated carbocycles.